The number of para-hydroxylation sites is 2. The van der Waals surface area contributed by atoms with E-state index in [1.807, 2.05) is 36.4 Å². The van der Waals surface area contributed by atoms with Crippen LogP contribution in [0.25, 0.3) is 0 Å². The van der Waals surface area contributed by atoms with Gasteiger partial charge < -0.3 is 19.5 Å². The fraction of sp³-hybridized carbons (Fsp3) is 0.312. The molecule has 1 aliphatic heterocycles. The molecule has 0 saturated heterocycles. The predicted octanol–water partition coefficient (Wildman–Crippen LogP) is 2.37. The standard InChI is InChI=1S/C16H18N2O3/c1-2-6-15-14(5-1)20-11-10-19-9-8-17-12-13-4-3-7-18-16(13)21-15/h1-7,17H,8-12H2. The lowest BCUT2D eigenvalue weighted by Gasteiger charge is -2.13. The van der Waals surface area contributed by atoms with Crippen molar-refractivity contribution < 1.29 is 14.2 Å². The second-order valence-corrected chi connectivity index (χ2v) is 4.65. The Bertz CT molecular complexity index is 538. The Morgan fingerprint density at radius 3 is 2.81 bits per heavy atom. The van der Waals surface area contributed by atoms with Crippen molar-refractivity contribution >= 4 is 0 Å². The molecule has 0 aliphatic carbocycles. The first-order valence-corrected chi connectivity index (χ1v) is 7.05. The summed E-state index contributed by atoms with van der Waals surface area (Å²) >= 11 is 0. The van der Waals surface area contributed by atoms with E-state index in [0.717, 1.165) is 12.1 Å². The van der Waals surface area contributed by atoms with Gasteiger partial charge in [-0.25, -0.2) is 4.98 Å². The number of hydrogen-bond acceptors (Lipinski definition) is 5. The second kappa shape index (κ2) is 7.06. The van der Waals surface area contributed by atoms with Gasteiger partial charge >= 0.3 is 0 Å². The van der Waals surface area contributed by atoms with Gasteiger partial charge in [-0.15, -0.1) is 0 Å². The van der Waals surface area contributed by atoms with Crippen LogP contribution in [0.3, 0.4) is 0 Å². The summed E-state index contributed by atoms with van der Waals surface area (Å²) in [6.45, 7) is 3.18. The van der Waals surface area contributed by atoms with Crippen molar-refractivity contribution in [3.63, 3.8) is 0 Å². The molecule has 1 aliphatic rings. The summed E-state index contributed by atoms with van der Waals surface area (Å²) in [5, 5.41) is 3.32. The normalized spacial score (nSPS) is 16.0. The van der Waals surface area contributed by atoms with Crippen LogP contribution in [-0.2, 0) is 11.3 Å². The van der Waals surface area contributed by atoms with Crippen LogP contribution in [0.4, 0.5) is 0 Å². The van der Waals surface area contributed by atoms with Gasteiger partial charge in [0.2, 0.25) is 5.88 Å². The van der Waals surface area contributed by atoms with Gasteiger partial charge in [0.1, 0.15) is 6.61 Å². The zero-order valence-corrected chi connectivity index (χ0v) is 11.7. The molecule has 0 unspecified atom stereocenters. The van der Waals surface area contributed by atoms with Crippen LogP contribution < -0.4 is 14.8 Å². The lowest BCUT2D eigenvalue weighted by atomic mass is 10.2. The zero-order chi connectivity index (χ0) is 14.3. The minimum Gasteiger partial charge on any atom is -0.487 e. The van der Waals surface area contributed by atoms with Crippen molar-refractivity contribution in [1.29, 1.82) is 0 Å². The molecule has 5 heteroatoms. The van der Waals surface area contributed by atoms with Crippen molar-refractivity contribution in [2.24, 2.45) is 0 Å². The summed E-state index contributed by atoms with van der Waals surface area (Å²) < 4.78 is 17.2. The summed E-state index contributed by atoms with van der Waals surface area (Å²) in [5.41, 5.74) is 1.01. The molecule has 0 spiro atoms. The summed E-state index contributed by atoms with van der Waals surface area (Å²) in [7, 11) is 0. The van der Waals surface area contributed by atoms with E-state index in [1.54, 1.807) is 6.20 Å². The minimum atomic E-state index is 0.495. The number of rotatable bonds is 0. The van der Waals surface area contributed by atoms with Gasteiger partial charge in [0.05, 0.1) is 13.2 Å². The fourth-order valence-corrected chi connectivity index (χ4v) is 2.09. The Hall–Kier alpha value is -2.11. The maximum Gasteiger partial charge on any atom is 0.223 e. The lowest BCUT2D eigenvalue weighted by Crippen LogP contribution is -2.20. The van der Waals surface area contributed by atoms with Crippen molar-refractivity contribution in [3.05, 3.63) is 48.2 Å². The van der Waals surface area contributed by atoms with E-state index in [9.17, 15) is 0 Å². The van der Waals surface area contributed by atoms with Gasteiger partial charge in [-0.1, -0.05) is 18.2 Å². The summed E-state index contributed by atoms with van der Waals surface area (Å²) in [4.78, 5) is 4.32. The number of ether oxygens (including phenoxy) is 3. The van der Waals surface area contributed by atoms with Crippen LogP contribution in [0.5, 0.6) is 17.4 Å². The average molecular weight is 286 g/mol. The second-order valence-electron chi connectivity index (χ2n) is 4.65. The molecule has 0 saturated carbocycles. The number of pyridine rings is 1. The van der Waals surface area contributed by atoms with E-state index in [2.05, 4.69) is 10.3 Å². The molecular weight excluding hydrogens is 268 g/mol. The van der Waals surface area contributed by atoms with Crippen molar-refractivity contribution in [3.8, 4) is 17.4 Å². The molecule has 0 atom stereocenters. The Morgan fingerprint density at radius 2 is 1.86 bits per heavy atom. The van der Waals surface area contributed by atoms with Gasteiger partial charge in [0.25, 0.3) is 0 Å². The first-order chi connectivity index (χ1) is 10.4. The van der Waals surface area contributed by atoms with Crippen molar-refractivity contribution in [1.82, 2.24) is 10.3 Å². The van der Waals surface area contributed by atoms with E-state index in [4.69, 9.17) is 14.2 Å². The summed E-state index contributed by atoms with van der Waals surface area (Å²) in [6.07, 6.45) is 1.73. The molecule has 0 amide bonds. The number of nitrogens with one attached hydrogen (secondary N) is 1. The maximum absolute atomic E-state index is 5.94. The van der Waals surface area contributed by atoms with Crippen molar-refractivity contribution in [2.75, 3.05) is 26.4 Å². The molecular formula is C16H18N2O3. The van der Waals surface area contributed by atoms with Crippen LogP contribution in [-0.4, -0.2) is 31.3 Å². The van der Waals surface area contributed by atoms with Gasteiger partial charge in [0, 0.05) is 24.8 Å². The highest BCUT2D eigenvalue weighted by atomic mass is 16.5. The third-order valence-corrected chi connectivity index (χ3v) is 3.13. The molecule has 1 N–H and O–H groups in total. The van der Waals surface area contributed by atoms with Gasteiger partial charge in [-0.05, 0) is 18.2 Å². The van der Waals surface area contributed by atoms with E-state index in [0.29, 0.717) is 43.7 Å². The number of aromatic nitrogens is 1. The van der Waals surface area contributed by atoms with Crippen molar-refractivity contribution in [2.45, 2.75) is 6.54 Å². The first-order valence-electron chi connectivity index (χ1n) is 7.05. The third-order valence-electron chi connectivity index (χ3n) is 3.13. The lowest BCUT2D eigenvalue weighted by molar-refractivity contribution is 0.101. The zero-order valence-electron chi connectivity index (χ0n) is 11.7. The highest BCUT2D eigenvalue weighted by molar-refractivity contribution is 5.42. The molecule has 0 radical (unpaired) electrons. The maximum atomic E-state index is 5.94. The van der Waals surface area contributed by atoms with Gasteiger partial charge in [-0.2, -0.15) is 0 Å². The fourth-order valence-electron chi connectivity index (χ4n) is 2.09. The average Bonchev–Trinajstić information content (AvgIpc) is 2.54. The van der Waals surface area contributed by atoms with Crippen LogP contribution in [0, 0.1) is 0 Å². The Morgan fingerprint density at radius 1 is 0.952 bits per heavy atom. The first kappa shape index (κ1) is 13.9. The largest absolute Gasteiger partial charge is 0.487 e. The molecule has 21 heavy (non-hydrogen) atoms. The molecule has 2 heterocycles. The van der Waals surface area contributed by atoms with Crippen LogP contribution in [0.1, 0.15) is 5.56 Å². The molecule has 110 valence electrons. The third kappa shape index (κ3) is 3.71. The quantitative estimate of drug-likeness (QED) is 0.806. The number of hydrogen-bond donors (Lipinski definition) is 1. The molecule has 0 bridgehead atoms. The van der Waals surface area contributed by atoms with E-state index >= 15 is 0 Å². The molecule has 1 aromatic carbocycles. The Kier molecular flexibility index (Phi) is 4.66. The summed E-state index contributed by atoms with van der Waals surface area (Å²) in [5.74, 6) is 1.96. The predicted molar refractivity (Wildman–Crippen MR) is 78.8 cm³/mol. The number of benzene rings is 1. The molecule has 3 rings (SSSR count). The van der Waals surface area contributed by atoms with E-state index in [1.165, 1.54) is 0 Å². The number of nitrogens with zero attached hydrogens (tertiary/aromatic N) is 1. The molecule has 0 fully saturated rings. The smallest absolute Gasteiger partial charge is 0.223 e. The highest BCUT2D eigenvalue weighted by Crippen LogP contribution is 2.31. The van der Waals surface area contributed by atoms with Crippen LogP contribution in [0.15, 0.2) is 42.6 Å². The van der Waals surface area contributed by atoms with Gasteiger partial charge in [0.15, 0.2) is 11.5 Å². The Balaban J connectivity index is 1.89. The van der Waals surface area contributed by atoms with Gasteiger partial charge in [-0.3, -0.25) is 0 Å². The highest BCUT2D eigenvalue weighted by Gasteiger charge is 2.10. The summed E-state index contributed by atoms with van der Waals surface area (Å²) in [6, 6.07) is 11.5. The molecule has 5 nitrogen and oxygen atoms in total. The molecule has 2 aromatic rings. The van der Waals surface area contributed by atoms with Crippen LogP contribution in [0.2, 0.25) is 0 Å². The molecule has 1 aromatic heterocycles. The van der Waals surface area contributed by atoms with E-state index in [-0.39, 0.29) is 0 Å². The van der Waals surface area contributed by atoms with Crippen LogP contribution >= 0.6 is 0 Å². The number of fused-ring (bicyclic) bond motifs is 2. The van der Waals surface area contributed by atoms with E-state index < -0.39 is 0 Å². The SMILES string of the molecule is c1cnc2c(c1)CNCCOCCOc1ccccc1O2. The Labute approximate surface area is 123 Å². The monoisotopic (exact) mass is 286 g/mol. The topological polar surface area (TPSA) is 52.6 Å². The minimum absolute atomic E-state index is 0.495.